The molecule has 0 amide bonds. The Kier molecular flexibility index (Phi) is 2.59. The molecule has 1 aliphatic heterocycles. The molecular weight excluding hydrogens is 178 g/mol. The Labute approximate surface area is 83.8 Å². The van der Waals surface area contributed by atoms with Crippen LogP contribution in [-0.4, -0.2) is 12.8 Å². The highest BCUT2D eigenvalue weighted by molar-refractivity contribution is 5.44. The van der Waals surface area contributed by atoms with Crippen LogP contribution < -0.4 is 15.2 Å². The normalized spacial score (nSPS) is 15.6. The number of fused-ring (bicyclic) bond motifs is 1. The molecule has 14 heavy (non-hydrogen) atoms. The van der Waals surface area contributed by atoms with Gasteiger partial charge in [0, 0.05) is 6.04 Å². The highest BCUT2D eigenvalue weighted by Crippen LogP contribution is 2.32. The molecule has 0 fully saturated rings. The fourth-order valence-electron chi connectivity index (χ4n) is 1.49. The van der Waals surface area contributed by atoms with E-state index in [1.165, 1.54) is 5.56 Å². The van der Waals surface area contributed by atoms with Gasteiger partial charge in [-0.15, -0.1) is 0 Å². The minimum absolute atomic E-state index is 0.250. The number of benzene rings is 1. The lowest BCUT2D eigenvalue weighted by atomic mass is 10.1. The number of nitrogens with two attached hydrogens (primary N) is 1. The van der Waals surface area contributed by atoms with Crippen LogP contribution in [0.2, 0.25) is 0 Å². The largest absolute Gasteiger partial charge is 0.454 e. The Morgan fingerprint density at radius 2 is 2.14 bits per heavy atom. The summed E-state index contributed by atoms with van der Waals surface area (Å²) in [4.78, 5) is 0. The Morgan fingerprint density at radius 1 is 1.36 bits per heavy atom. The van der Waals surface area contributed by atoms with E-state index in [9.17, 15) is 0 Å². The van der Waals surface area contributed by atoms with E-state index in [2.05, 4.69) is 6.07 Å². The molecule has 0 unspecified atom stereocenters. The average Bonchev–Trinajstić information content (AvgIpc) is 2.61. The molecule has 1 atom stereocenters. The molecule has 0 spiro atoms. The Morgan fingerprint density at radius 3 is 2.93 bits per heavy atom. The average molecular weight is 193 g/mol. The first-order chi connectivity index (χ1) is 6.75. The number of hydrogen-bond acceptors (Lipinski definition) is 3. The van der Waals surface area contributed by atoms with Gasteiger partial charge in [0.1, 0.15) is 0 Å². The molecule has 0 radical (unpaired) electrons. The van der Waals surface area contributed by atoms with Gasteiger partial charge in [0.2, 0.25) is 6.79 Å². The molecule has 0 saturated heterocycles. The van der Waals surface area contributed by atoms with E-state index in [1.807, 2.05) is 19.1 Å². The lowest BCUT2D eigenvalue weighted by molar-refractivity contribution is 0.174. The lowest BCUT2D eigenvalue weighted by Gasteiger charge is -2.05. The highest BCUT2D eigenvalue weighted by Gasteiger charge is 2.12. The van der Waals surface area contributed by atoms with Crippen LogP contribution in [-0.2, 0) is 6.42 Å². The molecule has 1 aromatic carbocycles. The first kappa shape index (κ1) is 9.34. The fourth-order valence-corrected chi connectivity index (χ4v) is 1.49. The van der Waals surface area contributed by atoms with E-state index < -0.39 is 0 Å². The van der Waals surface area contributed by atoms with Gasteiger partial charge in [0.15, 0.2) is 11.5 Å². The predicted molar refractivity (Wildman–Crippen MR) is 54.5 cm³/mol. The second-order valence-electron chi connectivity index (χ2n) is 3.70. The number of rotatable bonds is 3. The van der Waals surface area contributed by atoms with Gasteiger partial charge < -0.3 is 15.2 Å². The molecule has 0 aromatic heterocycles. The molecule has 3 nitrogen and oxygen atoms in total. The van der Waals surface area contributed by atoms with Crippen LogP contribution in [0, 0.1) is 0 Å². The van der Waals surface area contributed by atoms with E-state index in [4.69, 9.17) is 15.2 Å². The van der Waals surface area contributed by atoms with Crippen molar-refractivity contribution in [2.45, 2.75) is 25.8 Å². The summed E-state index contributed by atoms with van der Waals surface area (Å²) in [5.74, 6) is 1.70. The van der Waals surface area contributed by atoms with Crippen molar-refractivity contribution in [2.75, 3.05) is 6.79 Å². The molecule has 0 aliphatic carbocycles. The summed E-state index contributed by atoms with van der Waals surface area (Å²) in [6.45, 7) is 2.36. The summed E-state index contributed by atoms with van der Waals surface area (Å²) in [6, 6.07) is 6.31. The van der Waals surface area contributed by atoms with Gasteiger partial charge in [-0.05, 0) is 37.5 Å². The van der Waals surface area contributed by atoms with Crippen LogP contribution in [0.4, 0.5) is 0 Å². The van der Waals surface area contributed by atoms with E-state index in [0.717, 1.165) is 24.3 Å². The molecule has 1 aromatic rings. The third-order valence-corrected chi connectivity index (χ3v) is 2.33. The van der Waals surface area contributed by atoms with Crippen molar-refractivity contribution in [3.8, 4) is 11.5 Å². The molecule has 0 saturated carbocycles. The van der Waals surface area contributed by atoms with Gasteiger partial charge >= 0.3 is 0 Å². The van der Waals surface area contributed by atoms with Crippen LogP contribution in [0.25, 0.3) is 0 Å². The molecule has 1 aliphatic rings. The van der Waals surface area contributed by atoms with E-state index >= 15 is 0 Å². The first-order valence-corrected chi connectivity index (χ1v) is 4.90. The van der Waals surface area contributed by atoms with Crippen molar-refractivity contribution >= 4 is 0 Å². The van der Waals surface area contributed by atoms with Crippen molar-refractivity contribution in [2.24, 2.45) is 5.73 Å². The molecule has 76 valence electrons. The van der Waals surface area contributed by atoms with Crippen molar-refractivity contribution in [1.82, 2.24) is 0 Å². The Hall–Kier alpha value is -1.22. The number of ether oxygens (including phenoxy) is 2. The second kappa shape index (κ2) is 3.88. The van der Waals surface area contributed by atoms with Crippen LogP contribution in [0.1, 0.15) is 18.9 Å². The molecular formula is C11H15NO2. The zero-order valence-electron chi connectivity index (χ0n) is 8.32. The van der Waals surface area contributed by atoms with Crippen LogP contribution in [0.5, 0.6) is 11.5 Å². The summed E-state index contributed by atoms with van der Waals surface area (Å²) in [6.07, 6.45) is 1.99. The zero-order chi connectivity index (χ0) is 9.97. The molecule has 0 bridgehead atoms. The molecule has 2 rings (SSSR count). The molecule has 1 heterocycles. The van der Waals surface area contributed by atoms with Crippen molar-refractivity contribution in [3.05, 3.63) is 23.8 Å². The van der Waals surface area contributed by atoms with Crippen molar-refractivity contribution in [1.29, 1.82) is 0 Å². The maximum Gasteiger partial charge on any atom is 0.231 e. The Bertz CT molecular complexity index is 323. The van der Waals surface area contributed by atoms with E-state index in [0.29, 0.717) is 6.79 Å². The predicted octanol–water partition coefficient (Wildman–Crippen LogP) is 1.70. The fraction of sp³-hybridized carbons (Fsp3) is 0.455. The van der Waals surface area contributed by atoms with Gasteiger partial charge in [0.25, 0.3) is 0 Å². The lowest BCUT2D eigenvalue weighted by Crippen LogP contribution is -2.15. The maximum absolute atomic E-state index is 5.70. The summed E-state index contributed by atoms with van der Waals surface area (Å²) in [5, 5.41) is 0. The third kappa shape index (κ3) is 1.99. The monoisotopic (exact) mass is 193 g/mol. The quantitative estimate of drug-likeness (QED) is 0.794. The first-order valence-electron chi connectivity index (χ1n) is 4.90. The van der Waals surface area contributed by atoms with Crippen LogP contribution in [0.3, 0.4) is 0 Å². The zero-order valence-corrected chi connectivity index (χ0v) is 8.32. The van der Waals surface area contributed by atoms with E-state index in [1.54, 1.807) is 0 Å². The summed E-state index contributed by atoms with van der Waals surface area (Å²) < 4.78 is 10.5. The molecule has 2 N–H and O–H groups in total. The summed E-state index contributed by atoms with van der Waals surface area (Å²) >= 11 is 0. The minimum atomic E-state index is 0.250. The van der Waals surface area contributed by atoms with Crippen molar-refractivity contribution < 1.29 is 9.47 Å². The Balaban J connectivity index is 2.05. The van der Waals surface area contributed by atoms with Crippen LogP contribution in [0.15, 0.2) is 18.2 Å². The van der Waals surface area contributed by atoms with Gasteiger partial charge in [-0.3, -0.25) is 0 Å². The molecule has 3 heteroatoms. The highest BCUT2D eigenvalue weighted by atomic mass is 16.7. The topological polar surface area (TPSA) is 44.5 Å². The second-order valence-corrected chi connectivity index (χ2v) is 3.70. The van der Waals surface area contributed by atoms with Gasteiger partial charge in [-0.2, -0.15) is 0 Å². The minimum Gasteiger partial charge on any atom is -0.454 e. The smallest absolute Gasteiger partial charge is 0.231 e. The summed E-state index contributed by atoms with van der Waals surface area (Å²) in [7, 11) is 0. The summed E-state index contributed by atoms with van der Waals surface area (Å²) in [5.41, 5.74) is 6.95. The van der Waals surface area contributed by atoms with Gasteiger partial charge in [-0.1, -0.05) is 6.07 Å². The van der Waals surface area contributed by atoms with Crippen LogP contribution >= 0.6 is 0 Å². The standard InChI is InChI=1S/C11H15NO2/c1-8(12)2-3-9-4-5-10-11(6-9)14-7-13-10/h4-6,8H,2-3,7,12H2,1H3/t8-/m0/s1. The number of hydrogen-bond donors (Lipinski definition) is 1. The van der Waals surface area contributed by atoms with E-state index in [-0.39, 0.29) is 6.04 Å². The maximum atomic E-state index is 5.70. The SMILES string of the molecule is C[C@H](N)CCc1ccc2c(c1)OCO2. The van der Waals surface area contributed by atoms with Crippen molar-refractivity contribution in [3.63, 3.8) is 0 Å². The third-order valence-electron chi connectivity index (χ3n) is 2.33. The number of aryl methyl sites for hydroxylation is 1. The van der Waals surface area contributed by atoms with Gasteiger partial charge in [0.05, 0.1) is 0 Å². The van der Waals surface area contributed by atoms with Gasteiger partial charge in [-0.25, -0.2) is 0 Å².